The number of hydrogen-bond donors (Lipinski definition) is 4. The molecule has 86 valence electrons. The molecule has 0 atom stereocenters. The van der Waals surface area contributed by atoms with Crippen LogP contribution in [-0.4, -0.2) is 38.8 Å². The molecule has 0 aliphatic heterocycles. The largest absolute Gasteiger partial charge is 0.481 e. The van der Waals surface area contributed by atoms with E-state index in [4.69, 9.17) is 21.1 Å². The Labute approximate surface area is 85.5 Å². The van der Waals surface area contributed by atoms with E-state index in [1.165, 1.54) is 0 Å². The van der Waals surface area contributed by atoms with E-state index in [0.717, 1.165) is 0 Å². The summed E-state index contributed by atoms with van der Waals surface area (Å²) >= 11 is 0. The molecule has 0 aliphatic rings. The maximum absolute atomic E-state index is 10.7. The fourth-order valence-electron chi connectivity index (χ4n) is 0.999. The van der Waals surface area contributed by atoms with Gasteiger partial charge in [-0.2, -0.15) is 0 Å². The van der Waals surface area contributed by atoms with Crippen molar-refractivity contribution in [2.24, 2.45) is 5.73 Å². The van der Waals surface area contributed by atoms with Gasteiger partial charge in [-0.25, -0.2) is 0 Å². The summed E-state index contributed by atoms with van der Waals surface area (Å²) in [5, 5.41) is 25.5. The van der Waals surface area contributed by atoms with E-state index in [1.54, 1.807) is 0 Å². The van der Waals surface area contributed by atoms with Gasteiger partial charge in [0, 0.05) is 12.8 Å². The van der Waals surface area contributed by atoms with E-state index < -0.39 is 36.3 Å². The van der Waals surface area contributed by atoms with Crippen molar-refractivity contribution in [3.8, 4) is 0 Å². The number of aliphatic carboxylic acids is 3. The number of carboxylic acid groups (broad SMARTS) is 3. The van der Waals surface area contributed by atoms with Crippen molar-refractivity contribution in [1.82, 2.24) is 0 Å². The normalized spacial score (nSPS) is 11.0. The van der Waals surface area contributed by atoms with Crippen molar-refractivity contribution in [3.05, 3.63) is 0 Å². The van der Waals surface area contributed by atoms with Crippen LogP contribution in [0.3, 0.4) is 0 Å². The number of nitrogens with two attached hydrogens (primary N) is 1. The summed E-state index contributed by atoms with van der Waals surface area (Å²) in [6.07, 6.45) is -1.37. The molecule has 0 aromatic carbocycles. The van der Waals surface area contributed by atoms with Gasteiger partial charge >= 0.3 is 17.9 Å². The van der Waals surface area contributed by atoms with Crippen molar-refractivity contribution in [1.29, 1.82) is 0 Å². The molecule has 0 radical (unpaired) electrons. The van der Waals surface area contributed by atoms with Gasteiger partial charge in [0.1, 0.15) is 5.54 Å². The van der Waals surface area contributed by atoms with Gasteiger partial charge in [0.25, 0.3) is 0 Å². The standard InChI is InChI=1S/C8H13NO6/c9-8(7(14)15,3-1-5(10)11)4-2-6(12)13/h1-4,9H2,(H,10,11)(H,12,13)(H,14,15). The minimum Gasteiger partial charge on any atom is -0.481 e. The van der Waals surface area contributed by atoms with Crippen LogP contribution in [0.4, 0.5) is 0 Å². The molecule has 5 N–H and O–H groups in total. The molecule has 0 bridgehead atoms. The quantitative estimate of drug-likeness (QED) is 0.452. The predicted octanol–water partition coefficient (Wildman–Crippen LogP) is -0.502. The molecule has 0 saturated heterocycles. The Morgan fingerprint density at radius 2 is 1.27 bits per heavy atom. The molecule has 7 heteroatoms. The first kappa shape index (κ1) is 13.4. The van der Waals surface area contributed by atoms with Crippen LogP contribution in [0.1, 0.15) is 25.7 Å². The van der Waals surface area contributed by atoms with E-state index in [0.29, 0.717) is 0 Å². The lowest BCUT2D eigenvalue weighted by Gasteiger charge is -2.22. The molecule has 0 aliphatic carbocycles. The fraction of sp³-hybridized carbons (Fsp3) is 0.625. The maximum Gasteiger partial charge on any atom is 0.323 e. The third-order valence-electron chi connectivity index (χ3n) is 2.00. The summed E-state index contributed by atoms with van der Waals surface area (Å²) in [6, 6.07) is 0. The highest BCUT2D eigenvalue weighted by atomic mass is 16.4. The smallest absolute Gasteiger partial charge is 0.323 e. The molecule has 0 heterocycles. The van der Waals surface area contributed by atoms with Crippen molar-refractivity contribution < 1.29 is 29.7 Å². The van der Waals surface area contributed by atoms with Crippen molar-refractivity contribution in [2.75, 3.05) is 0 Å². The van der Waals surface area contributed by atoms with Crippen LogP contribution in [-0.2, 0) is 14.4 Å². The second-order valence-electron chi connectivity index (χ2n) is 3.25. The first-order valence-electron chi connectivity index (χ1n) is 4.24. The molecule has 0 aromatic heterocycles. The number of carbonyl (C=O) groups is 3. The lowest BCUT2D eigenvalue weighted by Crippen LogP contribution is -2.48. The van der Waals surface area contributed by atoms with Crippen molar-refractivity contribution in [3.63, 3.8) is 0 Å². The third kappa shape index (κ3) is 4.96. The van der Waals surface area contributed by atoms with Crippen LogP contribution in [0.15, 0.2) is 0 Å². The zero-order valence-electron chi connectivity index (χ0n) is 7.97. The van der Waals surface area contributed by atoms with E-state index >= 15 is 0 Å². The van der Waals surface area contributed by atoms with Gasteiger partial charge in [0.2, 0.25) is 0 Å². The second-order valence-corrected chi connectivity index (χ2v) is 3.25. The highest BCUT2D eigenvalue weighted by Gasteiger charge is 2.34. The zero-order chi connectivity index (χ0) is 12.1. The number of carboxylic acids is 3. The lowest BCUT2D eigenvalue weighted by molar-refractivity contribution is -0.145. The third-order valence-corrected chi connectivity index (χ3v) is 2.00. The van der Waals surface area contributed by atoms with Crippen LogP contribution >= 0.6 is 0 Å². The van der Waals surface area contributed by atoms with Crippen molar-refractivity contribution >= 4 is 17.9 Å². The summed E-state index contributed by atoms with van der Waals surface area (Å²) in [5.41, 5.74) is 3.63. The molecular formula is C8H13NO6. The molecule has 7 nitrogen and oxygen atoms in total. The lowest BCUT2D eigenvalue weighted by atomic mass is 9.89. The zero-order valence-corrected chi connectivity index (χ0v) is 7.97. The van der Waals surface area contributed by atoms with E-state index in [1.807, 2.05) is 0 Å². The minimum atomic E-state index is -1.78. The van der Waals surface area contributed by atoms with Gasteiger partial charge in [-0.3, -0.25) is 14.4 Å². The van der Waals surface area contributed by atoms with Crippen LogP contribution < -0.4 is 5.73 Å². The van der Waals surface area contributed by atoms with Gasteiger partial charge in [-0.1, -0.05) is 0 Å². The van der Waals surface area contributed by atoms with Crippen LogP contribution in [0.5, 0.6) is 0 Å². The Morgan fingerprint density at radius 1 is 0.933 bits per heavy atom. The Hall–Kier alpha value is -1.63. The van der Waals surface area contributed by atoms with Gasteiger partial charge in [0.15, 0.2) is 0 Å². The molecule has 0 unspecified atom stereocenters. The SMILES string of the molecule is NC(CCC(=O)O)(CCC(=O)O)C(=O)O. The molecule has 0 amide bonds. The average molecular weight is 219 g/mol. The van der Waals surface area contributed by atoms with Gasteiger partial charge < -0.3 is 21.1 Å². The number of hydrogen-bond acceptors (Lipinski definition) is 4. The van der Waals surface area contributed by atoms with Gasteiger partial charge in [-0.15, -0.1) is 0 Å². The molecular weight excluding hydrogens is 206 g/mol. The summed E-state index contributed by atoms with van der Waals surface area (Å²) in [6.45, 7) is 0. The van der Waals surface area contributed by atoms with Crippen LogP contribution in [0.25, 0.3) is 0 Å². The number of rotatable bonds is 7. The van der Waals surface area contributed by atoms with Crippen molar-refractivity contribution in [2.45, 2.75) is 31.2 Å². The molecule has 0 spiro atoms. The predicted molar refractivity (Wildman–Crippen MR) is 48.3 cm³/mol. The monoisotopic (exact) mass is 219 g/mol. The Bertz CT molecular complexity index is 256. The molecule has 15 heavy (non-hydrogen) atoms. The van der Waals surface area contributed by atoms with E-state index in [-0.39, 0.29) is 12.8 Å². The summed E-state index contributed by atoms with van der Waals surface area (Å²) in [5.74, 6) is -3.71. The topological polar surface area (TPSA) is 138 Å². The van der Waals surface area contributed by atoms with Crippen LogP contribution in [0.2, 0.25) is 0 Å². The molecule has 0 fully saturated rings. The first-order chi connectivity index (χ1) is 6.78. The minimum absolute atomic E-state index is 0.287. The average Bonchev–Trinajstić information content (AvgIpc) is 2.11. The molecule has 0 rings (SSSR count). The van der Waals surface area contributed by atoms with Crippen LogP contribution in [0, 0.1) is 0 Å². The summed E-state index contributed by atoms with van der Waals surface area (Å²) < 4.78 is 0. The summed E-state index contributed by atoms with van der Waals surface area (Å²) in [7, 11) is 0. The Morgan fingerprint density at radius 3 is 1.47 bits per heavy atom. The fourth-order valence-corrected chi connectivity index (χ4v) is 0.999. The highest BCUT2D eigenvalue weighted by molar-refractivity contribution is 5.80. The Kier molecular flexibility index (Phi) is 4.72. The maximum atomic E-state index is 10.7. The Balaban J connectivity index is 4.38. The van der Waals surface area contributed by atoms with Gasteiger partial charge in [0.05, 0.1) is 0 Å². The highest BCUT2D eigenvalue weighted by Crippen LogP contribution is 2.17. The van der Waals surface area contributed by atoms with Gasteiger partial charge in [-0.05, 0) is 12.8 Å². The second kappa shape index (κ2) is 5.30. The summed E-state index contributed by atoms with van der Waals surface area (Å²) in [4.78, 5) is 31.2. The van der Waals surface area contributed by atoms with E-state index in [2.05, 4.69) is 0 Å². The molecule has 0 saturated carbocycles. The van der Waals surface area contributed by atoms with E-state index in [9.17, 15) is 14.4 Å². The first-order valence-corrected chi connectivity index (χ1v) is 4.24. The molecule has 0 aromatic rings.